The summed E-state index contributed by atoms with van der Waals surface area (Å²) >= 11 is 0. The number of benzene rings is 2. The second-order valence-corrected chi connectivity index (χ2v) is 8.82. The van der Waals surface area contributed by atoms with Gasteiger partial charge < -0.3 is 10.6 Å². The van der Waals surface area contributed by atoms with Crippen molar-refractivity contribution < 1.29 is 0 Å². The predicted molar refractivity (Wildman–Crippen MR) is 127 cm³/mol. The first kappa shape index (κ1) is 20.7. The van der Waals surface area contributed by atoms with Crippen LogP contribution in [-0.4, -0.2) is 51.2 Å². The fraction of sp³-hybridized carbons (Fsp3) is 0.400. The molecule has 32 heavy (non-hydrogen) atoms. The van der Waals surface area contributed by atoms with E-state index in [1.54, 1.807) is 0 Å². The topological polar surface area (TPSA) is 81.2 Å². The van der Waals surface area contributed by atoms with Crippen molar-refractivity contribution in [3.63, 3.8) is 0 Å². The fourth-order valence-corrected chi connectivity index (χ4v) is 5.19. The van der Waals surface area contributed by atoms with Crippen molar-refractivity contribution in [1.29, 1.82) is 0 Å². The number of guanidine groups is 1. The lowest BCUT2D eigenvalue weighted by molar-refractivity contribution is 0.114. The van der Waals surface area contributed by atoms with Gasteiger partial charge in [-0.1, -0.05) is 48.5 Å². The van der Waals surface area contributed by atoms with Gasteiger partial charge in [0, 0.05) is 43.8 Å². The van der Waals surface area contributed by atoms with Crippen molar-refractivity contribution in [3.8, 4) is 11.4 Å². The third kappa shape index (κ3) is 4.67. The van der Waals surface area contributed by atoms with Crippen LogP contribution >= 0.6 is 0 Å². The maximum absolute atomic E-state index is 4.48. The van der Waals surface area contributed by atoms with Gasteiger partial charge in [-0.15, -0.1) is 0 Å². The number of fused-ring (bicyclic) bond motifs is 2. The molecule has 2 atom stereocenters. The second kappa shape index (κ2) is 9.53. The molecule has 7 heteroatoms. The molecule has 0 aliphatic carbocycles. The lowest BCUT2D eigenvalue weighted by Crippen LogP contribution is -2.52. The molecule has 0 saturated carbocycles. The van der Waals surface area contributed by atoms with Crippen LogP contribution < -0.4 is 10.6 Å². The lowest BCUT2D eigenvalue weighted by atomic mass is 9.96. The Bertz CT molecular complexity index is 1020. The Balaban J connectivity index is 1.16. The quantitative estimate of drug-likeness (QED) is 0.414. The van der Waals surface area contributed by atoms with Crippen LogP contribution in [0.5, 0.6) is 0 Å². The molecule has 2 saturated heterocycles. The molecule has 2 aliphatic heterocycles. The van der Waals surface area contributed by atoms with Crippen molar-refractivity contribution >= 4 is 5.96 Å². The van der Waals surface area contributed by atoms with Gasteiger partial charge >= 0.3 is 0 Å². The molecule has 2 aliphatic rings. The van der Waals surface area contributed by atoms with E-state index in [1.165, 1.54) is 43.1 Å². The van der Waals surface area contributed by atoms with Gasteiger partial charge in [0.2, 0.25) is 0 Å². The molecule has 0 spiro atoms. The van der Waals surface area contributed by atoms with E-state index in [4.69, 9.17) is 0 Å². The van der Waals surface area contributed by atoms with Crippen LogP contribution in [0, 0.1) is 0 Å². The molecule has 0 radical (unpaired) electrons. The number of nitrogens with one attached hydrogen (secondary N) is 3. The van der Waals surface area contributed by atoms with E-state index in [0.717, 1.165) is 23.9 Å². The SMILES string of the molecule is CN=C(NCc1cccc(-c2ncn[nH]2)c1)NC1CC2CCC(C1)N2Cc1ccccc1. The molecule has 2 fully saturated rings. The number of rotatable bonds is 6. The Morgan fingerprint density at radius 3 is 2.56 bits per heavy atom. The molecule has 1 aromatic heterocycles. The van der Waals surface area contributed by atoms with Gasteiger partial charge in [0.15, 0.2) is 11.8 Å². The smallest absolute Gasteiger partial charge is 0.191 e. The van der Waals surface area contributed by atoms with Crippen molar-refractivity contribution in [3.05, 3.63) is 72.1 Å². The summed E-state index contributed by atoms with van der Waals surface area (Å²) in [5.41, 5.74) is 3.63. The Hall–Kier alpha value is -3.19. The molecule has 166 valence electrons. The summed E-state index contributed by atoms with van der Waals surface area (Å²) in [5.74, 6) is 1.66. The fourth-order valence-electron chi connectivity index (χ4n) is 5.19. The van der Waals surface area contributed by atoms with Gasteiger partial charge in [-0.3, -0.25) is 15.0 Å². The molecule has 2 unspecified atom stereocenters. The summed E-state index contributed by atoms with van der Waals surface area (Å²) in [6.07, 6.45) is 6.48. The number of aliphatic imine (C=N–C) groups is 1. The van der Waals surface area contributed by atoms with Crippen LogP contribution in [0.3, 0.4) is 0 Å². The van der Waals surface area contributed by atoms with Crippen LogP contribution in [0.2, 0.25) is 0 Å². The molecule has 3 N–H and O–H groups in total. The molecule has 3 aromatic rings. The zero-order chi connectivity index (χ0) is 21.8. The van der Waals surface area contributed by atoms with E-state index in [0.29, 0.717) is 24.7 Å². The van der Waals surface area contributed by atoms with Crippen LogP contribution in [0.1, 0.15) is 36.8 Å². The lowest BCUT2D eigenvalue weighted by Gasteiger charge is -2.39. The number of piperidine rings is 1. The van der Waals surface area contributed by atoms with E-state index >= 15 is 0 Å². The highest BCUT2D eigenvalue weighted by Gasteiger charge is 2.40. The molecule has 5 rings (SSSR count). The number of aromatic nitrogens is 3. The Labute approximate surface area is 189 Å². The zero-order valence-corrected chi connectivity index (χ0v) is 18.5. The van der Waals surface area contributed by atoms with Gasteiger partial charge in [0.25, 0.3) is 0 Å². The zero-order valence-electron chi connectivity index (χ0n) is 18.5. The number of nitrogens with zero attached hydrogens (tertiary/aromatic N) is 4. The third-order valence-corrected chi connectivity index (χ3v) is 6.73. The maximum Gasteiger partial charge on any atom is 0.191 e. The van der Waals surface area contributed by atoms with Crippen molar-refractivity contribution in [2.75, 3.05) is 7.05 Å². The number of aromatic amines is 1. The minimum atomic E-state index is 0.464. The second-order valence-electron chi connectivity index (χ2n) is 8.82. The summed E-state index contributed by atoms with van der Waals surface area (Å²) in [6.45, 7) is 1.78. The van der Waals surface area contributed by atoms with Crippen molar-refractivity contribution in [1.82, 2.24) is 30.7 Å². The Morgan fingerprint density at radius 1 is 1.06 bits per heavy atom. The number of hydrogen-bond acceptors (Lipinski definition) is 4. The Morgan fingerprint density at radius 2 is 1.84 bits per heavy atom. The van der Waals surface area contributed by atoms with E-state index in [-0.39, 0.29) is 0 Å². The molecular formula is C25H31N7. The van der Waals surface area contributed by atoms with Crippen molar-refractivity contribution in [2.45, 2.75) is 56.9 Å². The summed E-state index contributed by atoms with van der Waals surface area (Å²) in [6, 6.07) is 21.0. The van der Waals surface area contributed by atoms with E-state index in [2.05, 4.69) is 78.2 Å². The van der Waals surface area contributed by atoms with E-state index in [1.807, 2.05) is 19.2 Å². The van der Waals surface area contributed by atoms with Crippen LogP contribution in [0.4, 0.5) is 0 Å². The van der Waals surface area contributed by atoms with Gasteiger partial charge in [-0.2, -0.15) is 5.10 Å². The van der Waals surface area contributed by atoms with Gasteiger partial charge in [-0.05, 0) is 42.9 Å². The van der Waals surface area contributed by atoms with E-state index in [9.17, 15) is 0 Å². The maximum atomic E-state index is 4.48. The summed E-state index contributed by atoms with van der Waals surface area (Å²) in [5, 5.41) is 14.0. The highest BCUT2D eigenvalue weighted by Crippen LogP contribution is 2.36. The van der Waals surface area contributed by atoms with Gasteiger partial charge in [0.05, 0.1) is 0 Å². The normalized spacial score (nSPS) is 23.3. The summed E-state index contributed by atoms with van der Waals surface area (Å²) in [7, 11) is 1.85. The largest absolute Gasteiger partial charge is 0.354 e. The highest BCUT2D eigenvalue weighted by molar-refractivity contribution is 5.80. The van der Waals surface area contributed by atoms with Crippen molar-refractivity contribution in [2.24, 2.45) is 4.99 Å². The number of H-pyrrole nitrogens is 1. The Kier molecular flexibility index (Phi) is 6.16. The molecule has 2 aromatic carbocycles. The molecule has 7 nitrogen and oxygen atoms in total. The third-order valence-electron chi connectivity index (χ3n) is 6.73. The van der Waals surface area contributed by atoms with Crippen LogP contribution in [0.15, 0.2) is 65.9 Å². The number of hydrogen-bond donors (Lipinski definition) is 3. The van der Waals surface area contributed by atoms with Crippen LogP contribution in [0.25, 0.3) is 11.4 Å². The summed E-state index contributed by atoms with van der Waals surface area (Å²) in [4.78, 5) is 11.4. The molecular weight excluding hydrogens is 398 g/mol. The van der Waals surface area contributed by atoms with Gasteiger partial charge in [-0.25, -0.2) is 4.98 Å². The first-order valence-electron chi connectivity index (χ1n) is 11.5. The van der Waals surface area contributed by atoms with E-state index < -0.39 is 0 Å². The monoisotopic (exact) mass is 429 g/mol. The molecule has 2 bridgehead atoms. The first-order valence-corrected chi connectivity index (χ1v) is 11.5. The van der Waals surface area contributed by atoms with Gasteiger partial charge in [0.1, 0.15) is 6.33 Å². The predicted octanol–water partition coefficient (Wildman–Crippen LogP) is 3.33. The average Bonchev–Trinajstić information content (AvgIpc) is 3.44. The highest BCUT2D eigenvalue weighted by atomic mass is 15.3. The summed E-state index contributed by atoms with van der Waals surface area (Å²) < 4.78 is 0. The molecule has 0 amide bonds. The molecule has 3 heterocycles. The average molecular weight is 430 g/mol. The minimum absolute atomic E-state index is 0.464. The minimum Gasteiger partial charge on any atom is -0.354 e. The first-order chi connectivity index (χ1) is 15.8. The van der Waals surface area contributed by atoms with Crippen LogP contribution in [-0.2, 0) is 13.1 Å². The standard InChI is InChI=1S/C25H31N7/c1-26-25(27-15-19-8-5-9-20(12-19)24-28-17-29-31-24)30-21-13-22-10-11-23(14-21)32(22)16-18-6-3-2-4-7-18/h2-9,12,17,21-23H,10-11,13-16H2,1H3,(H2,26,27,30)(H,28,29,31).